The summed E-state index contributed by atoms with van der Waals surface area (Å²) < 4.78 is 0. The maximum Gasteiger partial charge on any atom is 0.327 e. The summed E-state index contributed by atoms with van der Waals surface area (Å²) in [6.07, 6.45) is 7.04. The molecule has 4 aliphatic rings. The number of H-pyrrole nitrogens is 4. The van der Waals surface area contributed by atoms with Crippen LogP contribution in [0, 0.1) is 0 Å². The van der Waals surface area contributed by atoms with E-state index < -0.39 is 95.3 Å². The van der Waals surface area contributed by atoms with Crippen LogP contribution in [-0.4, -0.2) is 155 Å². The summed E-state index contributed by atoms with van der Waals surface area (Å²) in [5.74, 6) is -9.37. The second-order valence-corrected chi connectivity index (χ2v) is 28.4. The number of fused-ring (bicyclic) bond motifs is 16. The summed E-state index contributed by atoms with van der Waals surface area (Å²) in [4.78, 5) is 169. The molecule has 0 bridgehead atoms. The molecule has 2 radical (unpaired) electrons. The molecule has 118 heavy (non-hydrogen) atoms. The van der Waals surface area contributed by atoms with Crippen molar-refractivity contribution in [3.05, 3.63) is 334 Å². The number of imide groups is 4. The molecule has 0 unspecified atom stereocenters. The number of carbonyl (C=O) groups is 12. The van der Waals surface area contributed by atoms with E-state index in [0.717, 1.165) is 107 Å². The van der Waals surface area contributed by atoms with E-state index in [2.05, 4.69) is 19.9 Å². The molecule has 586 valence electrons. The van der Waals surface area contributed by atoms with Gasteiger partial charge in [0.1, 0.15) is 24.2 Å². The Balaban J connectivity index is 0.000000122. The molecule has 12 aromatic carbocycles. The van der Waals surface area contributed by atoms with Crippen molar-refractivity contribution in [1.82, 2.24) is 39.5 Å². The predicted octanol–water partition coefficient (Wildman–Crippen LogP) is 14.4. The number of aliphatic carboxylic acids is 4. The maximum atomic E-state index is 13.2. The summed E-state index contributed by atoms with van der Waals surface area (Å²) in [6.45, 7) is 0. The van der Waals surface area contributed by atoms with Crippen LogP contribution >= 0.6 is 0 Å². The van der Waals surface area contributed by atoms with Gasteiger partial charge in [-0.1, -0.05) is 194 Å². The number of benzene rings is 12. The minimum atomic E-state index is -1.29. The molecule has 0 spiro atoms. The summed E-state index contributed by atoms with van der Waals surface area (Å²) >= 11 is 0. The molecule has 4 aliphatic heterocycles. The van der Waals surface area contributed by atoms with Crippen molar-refractivity contribution in [2.24, 2.45) is 0 Å². The molecule has 24 nitrogen and oxygen atoms in total. The number of aromatic nitrogens is 4. The third-order valence-corrected chi connectivity index (χ3v) is 22.0. The normalized spacial score (nSPS) is 14.3. The molecular weight excluding hydrogens is 1680 g/mol. The summed E-state index contributed by atoms with van der Waals surface area (Å²) in [6, 6.07) is 67.6. The van der Waals surface area contributed by atoms with Crippen LogP contribution in [0.15, 0.2) is 267 Å². The van der Waals surface area contributed by atoms with Gasteiger partial charge in [0, 0.05) is 133 Å². The van der Waals surface area contributed by atoms with Gasteiger partial charge in [-0.05, 0) is 114 Å². The fraction of sp³-hybridized carbons (Fsp3) is 0.0870. The number of carboxylic acid groups (broad SMARTS) is 4. The van der Waals surface area contributed by atoms with E-state index in [4.69, 9.17) is 0 Å². The number of carbonyl (C=O) groups excluding carboxylic acids is 8. The van der Waals surface area contributed by atoms with Gasteiger partial charge in [-0.25, -0.2) is 19.2 Å². The van der Waals surface area contributed by atoms with Gasteiger partial charge in [0.05, 0.1) is 44.5 Å². The van der Waals surface area contributed by atoms with Gasteiger partial charge in [0.2, 0.25) is 0 Å². The van der Waals surface area contributed by atoms with Crippen molar-refractivity contribution < 1.29 is 117 Å². The number of hydrogen-bond acceptors (Lipinski definition) is 12. The average molecular weight is 1740 g/mol. The number of nitrogens with zero attached hydrogens (tertiary/aromatic N) is 4. The van der Waals surface area contributed by atoms with E-state index in [1.54, 1.807) is 122 Å². The van der Waals surface area contributed by atoms with Crippen LogP contribution in [0.4, 0.5) is 0 Å². The Kier molecular flexibility index (Phi) is 21.4. The zero-order valence-corrected chi connectivity index (χ0v) is 65.0. The molecule has 8 N–H and O–H groups in total. The van der Waals surface area contributed by atoms with Crippen LogP contribution in [0.5, 0.6) is 0 Å². The minimum absolute atomic E-state index is 0. The quantitative estimate of drug-likeness (QED) is 0.0329. The van der Waals surface area contributed by atoms with Crippen molar-refractivity contribution in [3.8, 4) is 0 Å². The average Bonchev–Trinajstić information content (AvgIpc) is 1.60. The first kappa shape index (κ1) is 78.8. The number of carboxylic acids is 4. The predicted molar refractivity (Wildman–Crippen MR) is 431 cm³/mol. The Labute approximate surface area is 693 Å². The number of hydrogen-bond donors (Lipinski definition) is 8. The first-order chi connectivity index (χ1) is 56.2. The molecule has 8 heterocycles. The van der Waals surface area contributed by atoms with Gasteiger partial charge in [-0.15, -0.1) is 0 Å². The van der Waals surface area contributed by atoms with E-state index in [0.29, 0.717) is 21.5 Å². The van der Waals surface area contributed by atoms with Gasteiger partial charge in [-0.3, -0.25) is 58.0 Å². The molecule has 0 saturated carbocycles. The number of aromatic amines is 4. The van der Waals surface area contributed by atoms with Crippen LogP contribution in [0.25, 0.3) is 86.7 Å². The van der Waals surface area contributed by atoms with Crippen molar-refractivity contribution in [1.29, 1.82) is 0 Å². The van der Waals surface area contributed by atoms with E-state index >= 15 is 0 Å². The maximum absolute atomic E-state index is 13.2. The smallest absolute Gasteiger partial charge is 0.327 e. The van der Waals surface area contributed by atoms with E-state index in [1.165, 1.54) is 0 Å². The second-order valence-electron chi connectivity index (χ2n) is 28.4. The Morgan fingerprint density at radius 3 is 0.610 bits per heavy atom. The van der Waals surface area contributed by atoms with Crippen LogP contribution in [0.2, 0.25) is 0 Å². The summed E-state index contributed by atoms with van der Waals surface area (Å²) in [7, 11) is 0. The van der Waals surface area contributed by atoms with Crippen LogP contribution in [-0.2, 0) is 83.8 Å². The monoisotopic (exact) mass is 1740 g/mol. The fourth-order valence-electron chi connectivity index (χ4n) is 16.4. The SMILES string of the molecule is O=C(O)[C@H](Cc1c[nH]c2ccccc12)N1C(=O)c2ccc3ccccc3c2C1=O.O=C(O)[C@H](Cc1c[nH]c2ccccc12)N1C(=O)c2ccc3ccccc3c2C1=O.O=C(O)[C@H](Cc1c[nH]c2ccccc12)N1C(=O)c2ccc3ccccc3c2C1=O.O=C(O)[C@H](Cc1c[nH]c2ccccc12)N1C(=O)c2ccc3ccccc3c2C1=O.[Rh].[Rh]. The number of amides is 8. The Morgan fingerprint density at radius 1 is 0.237 bits per heavy atom. The Hall–Kier alpha value is -14.5. The fourth-order valence-corrected chi connectivity index (χ4v) is 16.4. The first-order valence-corrected chi connectivity index (χ1v) is 36.9. The topological polar surface area (TPSA) is 362 Å². The van der Waals surface area contributed by atoms with Crippen molar-refractivity contribution in [2.45, 2.75) is 49.9 Å². The third-order valence-electron chi connectivity index (χ3n) is 22.0. The van der Waals surface area contributed by atoms with Gasteiger partial charge >= 0.3 is 23.9 Å². The Morgan fingerprint density at radius 2 is 0.415 bits per heavy atom. The molecule has 4 atom stereocenters. The second kappa shape index (κ2) is 32.1. The van der Waals surface area contributed by atoms with Crippen molar-refractivity contribution >= 4 is 158 Å². The van der Waals surface area contributed by atoms with Crippen LogP contribution in [0.3, 0.4) is 0 Å². The third kappa shape index (κ3) is 13.7. The van der Waals surface area contributed by atoms with Crippen molar-refractivity contribution in [3.63, 3.8) is 0 Å². The van der Waals surface area contributed by atoms with Crippen molar-refractivity contribution in [2.75, 3.05) is 0 Å². The summed E-state index contributed by atoms with van der Waals surface area (Å²) in [5.41, 5.74) is 8.58. The zero-order chi connectivity index (χ0) is 80.5. The molecule has 16 aromatic rings. The van der Waals surface area contributed by atoms with Crippen LogP contribution in [0.1, 0.15) is 105 Å². The number of para-hydroxylation sites is 4. The van der Waals surface area contributed by atoms with Gasteiger partial charge in [-0.2, -0.15) is 0 Å². The molecular formula is C92H64N8O16Rh2. The van der Waals surface area contributed by atoms with Gasteiger partial charge in [0.15, 0.2) is 0 Å². The molecule has 4 aromatic heterocycles. The molecule has 0 aliphatic carbocycles. The van der Waals surface area contributed by atoms with E-state index in [-0.39, 0.29) is 109 Å². The van der Waals surface area contributed by atoms with E-state index in [1.807, 2.05) is 146 Å². The molecule has 0 fully saturated rings. The van der Waals surface area contributed by atoms with E-state index in [9.17, 15) is 78.0 Å². The van der Waals surface area contributed by atoms with Crippen LogP contribution < -0.4 is 0 Å². The minimum Gasteiger partial charge on any atom is -0.480 e. The first-order valence-electron chi connectivity index (χ1n) is 36.9. The number of nitrogens with one attached hydrogen (secondary N) is 4. The molecule has 0 saturated heterocycles. The number of rotatable bonds is 16. The standard InChI is InChI=1S/4C23H16N2O4.2Rh/c4*26-21-17-10-9-13-5-1-2-7-16(13)20(17)22(27)25(21)19(23(28)29)11-14-12-24-18-8-4-3-6-15(14)18;;/h4*1-10,12,19,24H,11H2,(H,28,29);;/t4*19-;;/m0000../s1. The molecule has 8 amide bonds. The summed E-state index contributed by atoms with van der Waals surface area (Å²) in [5, 5.41) is 49.0. The largest absolute Gasteiger partial charge is 0.480 e. The molecule has 26 heteroatoms. The molecule has 20 rings (SSSR count). The van der Waals surface area contributed by atoms with Gasteiger partial charge in [0.25, 0.3) is 47.3 Å². The zero-order valence-electron chi connectivity index (χ0n) is 61.7. The Bertz CT molecular complexity index is 6120. The van der Waals surface area contributed by atoms with Gasteiger partial charge < -0.3 is 40.4 Å².